The van der Waals surface area contributed by atoms with Gasteiger partial charge < -0.3 is 11.5 Å². The van der Waals surface area contributed by atoms with Crippen LogP contribution in [0.25, 0.3) is 0 Å². The Labute approximate surface area is 79.7 Å². The fourth-order valence-corrected chi connectivity index (χ4v) is 1.60. The first kappa shape index (κ1) is 9.41. The first-order valence-electron chi connectivity index (χ1n) is 3.36. The summed E-state index contributed by atoms with van der Waals surface area (Å²) in [6.07, 6.45) is 0. The average Bonchev–Trinajstić information content (AvgIpc) is 2.00. The maximum absolute atomic E-state index is 5.69. The molecule has 1 aromatic heterocycles. The van der Waals surface area contributed by atoms with Gasteiger partial charge in [0.2, 0.25) is 5.95 Å². The van der Waals surface area contributed by atoms with E-state index in [1.807, 2.05) is 6.92 Å². The Morgan fingerprint density at radius 1 is 1.42 bits per heavy atom. The van der Waals surface area contributed by atoms with Crippen LogP contribution in [0.2, 0.25) is 5.15 Å². The minimum atomic E-state index is 0.158. The summed E-state index contributed by atoms with van der Waals surface area (Å²) in [5.41, 5.74) is 11.4. The van der Waals surface area contributed by atoms with Gasteiger partial charge in [0.1, 0.15) is 10.7 Å². The van der Waals surface area contributed by atoms with Crippen molar-refractivity contribution in [3.63, 3.8) is 0 Å². The van der Waals surface area contributed by atoms with Crippen LogP contribution in [0.15, 0.2) is 5.03 Å². The SMILES string of the molecule is CCSc1nc(N)nc(Cl)c1N. The van der Waals surface area contributed by atoms with Crippen LogP contribution in [0.1, 0.15) is 6.92 Å². The summed E-state index contributed by atoms with van der Waals surface area (Å²) in [5.74, 6) is 1.03. The van der Waals surface area contributed by atoms with Crippen LogP contribution in [-0.4, -0.2) is 15.7 Å². The molecular weight excluding hydrogens is 196 g/mol. The first-order chi connectivity index (χ1) is 5.65. The molecule has 0 atom stereocenters. The van der Waals surface area contributed by atoms with Crippen molar-refractivity contribution in [3.05, 3.63) is 5.15 Å². The van der Waals surface area contributed by atoms with E-state index in [0.29, 0.717) is 10.7 Å². The minimum absolute atomic E-state index is 0.158. The standard InChI is InChI=1S/C6H9ClN4S/c1-2-12-5-3(8)4(7)10-6(9)11-5/h2,8H2,1H3,(H2,9,10,11). The van der Waals surface area contributed by atoms with Crippen molar-refractivity contribution in [2.24, 2.45) is 0 Å². The van der Waals surface area contributed by atoms with E-state index >= 15 is 0 Å². The minimum Gasteiger partial charge on any atom is -0.394 e. The van der Waals surface area contributed by atoms with Gasteiger partial charge in [0, 0.05) is 0 Å². The molecule has 4 nitrogen and oxygen atoms in total. The number of thioether (sulfide) groups is 1. The molecule has 0 bridgehead atoms. The molecule has 0 saturated heterocycles. The van der Waals surface area contributed by atoms with E-state index in [1.165, 1.54) is 11.8 Å². The molecule has 0 fully saturated rings. The van der Waals surface area contributed by atoms with Crippen LogP contribution in [-0.2, 0) is 0 Å². The Morgan fingerprint density at radius 3 is 2.67 bits per heavy atom. The number of anilines is 2. The zero-order valence-corrected chi connectivity index (χ0v) is 8.11. The maximum Gasteiger partial charge on any atom is 0.222 e. The summed E-state index contributed by atoms with van der Waals surface area (Å²) in [6, 6.07) is 0. The van der Waals surface area contributed by atoms with Crippen molar-refractivity contribution in [2.45, 2.75) is 11.9 Å². The summed E-state index contributed by atoms with van der Waals surface area (Å²) in [5, 5.41) is 0.869. The van der Waals surface area contributed by atoms with Gasteiger partial charge >= 0.3 is 0 Å². The van der Waals surface area contributed by atoms with Crippen LogP contribution >= 0.6 is 23.4 Å². The average molecular weight is 205 g/mol. The van der Waals surface area contributed by atoms with Gasteiger partial charge in [-0.05, 0) is 5.75 Å². The van der Waals surface area contributed by atoms with Crippen LogP contribution in [0.3, 0.4) is 0 Å². The van der Waals surface area contributed by atoms with E-state index in [0.717, 1.165) is 5.75 Å². The Balaban J connectivity index is 3.09. The number of hydrogen-bond donors (Lipinski definition) is 2. The van der Waals surface area contributed by atoms with E-state index in [9.17, 15) is 0 Å². The van der Waals surface area contributed by atoms with Crippen molar-refractivity contribution in [3.8, 4) is 0 Å². The Kier molecular flexibility index (Phi) is 2.99. The Bertz CT molecular complexity index is 291. The van der Waals surface area contributed by atoms with Gasteiger partial charge in [0.25, 0.3) is 0 Å². The lowest BCUT2D eigenvalue weighted by Gasteiger charge is -2.04. The summed E-state index contributed by atoms with van der Waals surface area (Å²) >= 11 is 7.18. The molecule has 0 aliphatic heterocycles. The van der Waals surface area contributed by atoms with Crippen molar-refractivity contribution in [1.82, 2.24) is 9.97 Å². The van der Waals surface area contributed by atoms with E-state index in [2.05, 4.69) is 9.97 Å². The van der Waals surface area contributed by atoms with Crippen LogP contribution in [0.5, 0.6) is 0 Å². The number of rotatable bonds is 2. The highest BCUT2D eigenvalue weighted by atomic mass is 35.5. The van der Waals surface area contributed by atoms with E-state index < -0.39 is 0 Å². The largest absolute Gasteiger partial charge is 0.394 e. The van der Waals surface area contributed by atoms with Crippen molar-refractivity contribution < 1.29 is 0 Å². The number of nitrogens with zero attached hydrogens (tertiary/aromatic N) is 2. The molecule has 6 heteroatoms. The van der Waals surface area contributed by atoms with Crippen molar-refractivity contribution in [2.75, 3.05) is 17.2 Å². The molecule has 12 heavy (non-hydrogen) atoms. The van der Waals surface area contributed by atoms with E-state index in [1.54, 1.807) is 0 Å². The molecule has 0 aromatic carbocycles. The second kappa shape index (κ2) is 3.82. The third-order valence-corrected chi connectivity index (χ3v) is 2.32. The quantitative estimate of drug-likeness (QED) is 0.563. The van der Waals surface area contributed by atoms with Gasteiger partial charge in [-0.2, -0.15) is 4.98 Å². The molecule has 0 aliphatic rings. The molecule has 1 rings (SSSR count). The molecule has 0 aliphatic carbocycles. The second-order valence-electron chi connectivity index (χ2n) is 2.02. The summed E-state index contributed by atoms with van der Waals surface area (Å²) in [6.45, 7) is 2.00. The summed E-state index contributed by atoms with van der Waals surface area (Å²) < 4.78 is 0. The Morgan fingerprint density at radius 2 is 2.08 bits per heavy atom. The molecular formula is C6H9ClN4S. The third-order valence-electron chi connectivity index (χ3n) is 1.16. The molecule has 1 aromatic rings. The number of aromatic nitrogens is 2. The smallest absolute Gasteiger partial charge is 0.222 e. The molecule has 66 valence electrons. The normalized spacial score (nSPS) is 10.2. The highest BCUT2D eigenvalue weighted by Crippen LogP contribution is 2.27. The topological polar surface area (TPSA) is 77.8 Å². The lowest BCUT2D eigenvalue weighted by atomic mass is 10.5. The van der Waals surface area contributed by atoms with Gasteiger partial charge in [-0.3, -0.25) is 0 Å². The van der Waals surface area contributed by atoms with Gasteiger partial charge in [0.15, 0.2) is 5.15 Å². The molecule has 4 N–H and O–H groups in total. The van der Waals surface area contributed by atoms with Gasteiger partial charge in [-0.15, -0.1) is 11.8 Å². The molecule has 0 radical (unpaired) electrons. The highest BCUT2D eigenvalue weighted by molar-refractivity contribution is 7.99. The van der Waals surface area contributed by atoms with Gasteiger partial charge in [-0.1, -0.05) is 18.5 Å². The Hall–Kier alpha value is -0.680. The van der Waals surface area contributed by atoms with Crippen LogP contribution < -0.4 is 11.5 Å². The van der Waals surface area contributed by atoms with Gasteiger partial charge in [0.05, 0.1) is 0 Å². The van der Waals surface area contributed by atoms with E-state index in [-0.39, 0.29) is 11.1 Å². The van der Waals surface area contributed by atoms with Gasteiger partial charge in [-0.25, -0.2) is 4.98 Å². The lowest BCUT2D eigenvalue weighted by Crippen LogP contribution is -2.01. The third kappa shape index (κ3) is 1.92. The van der Waals surface area contributed by atoms with Crippen LogP contribution in [0.4, 0.5) is 11.6 Å². The monoisotopic (exact) mass is 204 g/mol. The number of nitrogen functional groups attached to an aromatic ring is 2. The maximum atomic E-state index is 5.69. The zero-order chi connectivity index (χ0) is 9.14. The molecule has 0 saturated carbocycles. The van der Waals surface area contributed by atoms with Crippen molar-refractivity contribution in [1.29, 1.82) is 0 Å². The molecule has 0 amide bonds. The number of halogens is 1. The number of nitrogens with two attached hydrogens (primary N) is 2. The van der Waals surface area contributed by atoms with Crippen molar-refractivity contribution >= 4 is 35.0 Å². The fraction of sp³-hybridized carbons (Fsp3) is 0.333. The number of hydrogen-bond acceptors (Lipinski definition) is 5. The van der Waals surface area contributed by atoms with E-state index in [4.69, 9.17) is 23.1 Å². The van der Waals surface area contributed by atoms with Crippen LogP contribution in [0, 0.1) is 0 Å². The summed E-state index contributed by atoms with van der Waals surface area (Å²) in [7, 11) is 0. The summed E-state index contributed by atoms with van der Waals surface area (Å²) in [4.78, 5) is 7.65. The fourth-order valence-electron chi connectivity index (χ4n) is 0.685. The molecule has 0 unspecified atom stereocenters. The zero-order valence-electron chi connectivity index (χ0n) is 6.54. The predicted octanol–water partition coefficient (Wildman–Crippen LogP) is 1.41. The second-order valence-corrected chi connectivity index (χ2v) is 3.64. The first-order valence-corrected chi connectivity index (χ1v) is 4.72. The lowest BCUT2D eigenvalue weighted by molar-refractivity contribution is 1.07. The molecule has 0 spiro atoms. The molecule has 1 heterocycles. The highest BCUT2D eigenvalue weighted by Gasteiger charge is 2.07. The predicted molar refractivity (Wildman–Crippen MR) is 52.3 cm³/mol.